The molecule has 2 aromatic carbocycles. The van der Waals surface area contributed by atoms with E-state index in [0.717, 1.165) is 62.0 Å². The second kappa shape index (κ2) is 13.5. The Hall–Kier alpha value is -2.73. The van der Waals surface area contributed by atoms with Crippen LogP contribution in [0.1, 0.15) is 24.0 Å². The van der Waals surface area contributed by atoms with Crippen molar-refractivity contribution in [2.45, 2.75) is 25.8 Å². The van der Waals surface area contributed by atoms with Crippen LogP contribution in [-0.2, 0) is 17.7 Å². The number of nitrogens with zero attached hydrogens (tertiary/aromatic N) is 2. The molecule has 6 nitrogen and oxygen atoms in total. The molecule has 0 aliphatic heterocycles. The van der Waals surface area contributed by atoms with Gasteiger partial charge in [-0.3, -0.25) is 4.99 Å². The Morgan fingerprint density at radius 3 is 2.50 bits per heavy atom. The van der Waals surface area contributed by atoms with Crippen molar-refractivity contribution in [1.82, 2.24) is 10.2 Å². The van der Waals surface area contributed by atoms with Gasteiger partial charge in [0.15, 0.2) is 5.96 Å². The van der Waals surface area contributed by atoms with Crippen LogP contribution in [0.5, 0.6) is 11.5 Å². The number of hydrogen-bond acceptors (Lipinski definition) is 4. The third-order valence-corrected chi connectivity index (χ3v) is 4.85. The predicted octanol–water partition coefficient (Wildman–Crippen LogP) is 3.75. The summed E-state index contributed by atoms with van der Waals surface area (Å²) < 4.78 is 16.5. The number of guanidine groups is 1. The second-order valence-corrected chi connectivity index (χ2v) is 7.06. The Morgan fingerprint density at radius 2 is 1.80 bits per heavy atom. The molecule has 0 aliphatic rings. The molecule has 0 fully saturated rings. The van der Waals surface area contributed by atoms with E-state index in [1.165, 1.54) is 5.56 Å². The summed E-state index contributed by atoms with van der Waals surface area (Å²) in [5.74, 6) is 2.45. The van der Waals surface area contributed by atoms with Gasteiger partial charge in [0.05, 0.1) is 20.8 Å². The number of rotatable bonds is 12. The minimum Gasteiger partial charge on any atom is -0.497 e. The van der Waals surface area contributed by atoms with Crippen molar-refractivity contribution in [2.75, 3.05) is 48.1 Å². The summed E-state index contributed by atoms with van der Waals surface area (Å²) in [5.41, 5.74) is 2.40. The number of aliphatic imine (C=N–C) groups is 1. The fourth-order valence-electron chi connectivity index (χ4n) is 3.16. The van der Waals surface area contributed by atoms with Gasteiger partial charge in [0.25, 0.3) is 0 Å². The molecule has 0 aromatic heterocycles. The normalized spacial score (nSPS) is 11.3. The molecular formula is C24H35N3O3. The van der Waals surface area contributed by atoms with Crippen molar-refractivity contribution in [3.8, 4) is 11.5 Å². The van der Waals surface area contributed by atoms with Crippen LogP contribution in [0.15, 0.2) is 53.5 Å². The van der Waals surface area contributed by atoms with Gasteiger partial charge in [0.1, 0.15) is 11.5 Å². The summed E-state index contributed by atoms with van der Waals surface area (Å²) in [6.07, 6.45) is 3.02. The SMILES string of the molecule is CN=C(NCCCCOCCc1ccccc1)N(C)Cc1ccc(OC)cc1OC. The van der Waals surface area contributed by atoms with E-state index in [1.807, 2.05) is 31.3 Å². The fraction of sp³-hybridized carbons (Fsp3) is 0.458. The zero-order valence-corrected chi connectivity index (χ0v) is 18.7. The topological polar surface area (TPSA) is 55.3 Å². The highest BCUT2D eigenvalue weighted by atomic mass is 16.5. The zero-order chi connectivity index (χ0) is 21.6. The second-order valence-electron chi connectivity index (χ2n) is 7.06. The molecule has 2 aromatic rings. The molecule has 30 heavy (non-hydrogen) atoms. The van der Waals surface area contributed by atoms with Crippen LogP contribution in [0.2, 0.25) is 0 Å². The van der Waals surface area contributed by atoms with Crippen molar-refractivity contribution in [3.05, 3.63) is 59.7 Å². The van der Waals surface area contributed by atoms with Crippen LogP contribution in [0.4, 0.5) is 0 Å². The Labute approximate surface area is 180 Å². The summed E-state index contributed by atoms with van der Waals surface area (Å²) in [6, 6.07) is 16.3. The maximum absolute atomic E-state index is 5.75. The molecule has 0 radical (unpaired) electrons. The van der Waals surface area contributed by atoms with Crippen LogP contribution < -0.4 is 14.8 Å². The molecule has 0 atom stereocenters. The summed E-state index contributed by atoms with van der Waals surface area (Å²) in [5, 5.41) is 3.42. The molecule has 164 valence electrons. The van der Waals surface area contributed by atoms with Crippen molar-refractivity contribution >= 4 is 5.96 Å². The maximum atomic E-state index is 5.75. The van der Waals surface area contributed by atoms with Crippen LogP contribution in [-0.4, -0.2) is 58.9 Å². The third-order valence-electron chi connectivity index (χ3n) is 4.85. The molecule has 0 unspecified atom stereocenters. The molecule has 2 rings (SSSR count). The number of benzene rings is 2. The molecule has 0 heterocycles. The smallest absolute Gasteiger partial charge is 0.193 e. The van der Waals surface area contributed by atoms with E-state index in [4.69, 9.17) is 14.2 Å². The van der Waals surface area contributed by atoms with E-state index in [0.29, 0.717) is 6.54 Å². The van der Waals surface area contributed by atoms with Gasteiger partial charge in [-0.05, 0) is 37.0 Å². The largest absolute Gasteiger partial charge is 0.497 e. The first-order valence-electron chi connectivity index (χ1n) is 10.4. The van der Waals surface area contributed by atoms with Crippen molar-refractivity contribution < 1.29 is 14.2 Å². The molecule has 6 heteroatoms. The van der Waals surface area contributed by atoms with Gasteiger partial charge in [0.2, 0.25) is 0 Å². The lowest BCUT2D eigenvalue weighted by atomic mass is 10.2. The van der Waals surface area contributed by atoms with Gasteiger partial charge in [0, 0.05) is 45.4 Å². The number of methoxy groups -OCH3 is 2. The number of hydrogen-bond donors (Lipinski definition) is 1. The first-order valence-corrected chi connectivity index (χ1v) is 10.4. The van der Waals surface area contributed by atoms with E-state index in [2.05, 4.69) is 39.5 Å². The van der Waals surface area contributed by atoms with E-state index >= 15 is 0 Å². The lowest BCUT2D eigenvalue weighted by Crippen LogP contribution is -2.39. The highest BCUT2D eigenvalue weighted by Gasteiger charge is 2.11. The minimum absolute atomic E-state index is 0.690. The first kappa shape index (κ1) is 23.5. The van der Waals surface area contributed by atoms with Crippen LogP contribution in [0, 0.1) is 0 Å². The predicted molar refractivity (Wildman–Crippen MR) is 123 cm³/mol. The standard InChI is InChI=1S/C24H35N3O3/c1-25-24(27(2)19-21-12-13-22(28-3)18-23(21)29-4)26-15-8-9-16-30-17-14-20-10-6-5-7-11-20/h5-7,10-13,18H,8-9,14-17,19H2,1-4H3,(H,25,26). The summed E-state index contributed by atoms with van der Waals surface area (Å²) in [4.78, 5) is 6.47. The summed E-state index contributed by atoms with van der Waals surface area (Å²) in [7, 11) is 7.15. The number of nitrogens with one attached hydrogen (secondary N) is 1. The average molecular weight is 414 g/mol. The summed E-state index contributed by atoms with van der Waals surface area (Å²) in [6.45, 7) is 3.10. The quantitative estimate of drug-likeness (QED) is 0.326. The molecule has 0 amide bonds. The monoisotopic (exact) mass is 413 g/mol. The van der Waals surface area contributed by atoms with Crippen molar-refractivity contribution in [2.24, 2.45) is 4.99 Å². The molecule has 1 N–H and O–H groups in total. The van der Waals surface area contributed by atoms with Crippen molar-refractivity contribution in [3.63, 3.8) is 0 Å². The number of ether oxygens (including phenoxy) is 3. The van der Waals surface area contributed by atoms with Crippen molar-refractivity contribution in [1.29, 1.82) is 0 Å². The Kier molecular flexibility index (Phi) is 10.6. The van der Waals surface area contributed by atoms with Gasteiger partial charge < -0.3 is 24.4 Å². The molecule has 0 bridgehead atoms. The molecule has 0 spiro atoms. The lowest BCUT2D eigenvalue weighted by molar-refractivity contribution is 0.133. The van der Waals surface area contributed by atoms with Gasteiger partial charge in [-0.15, -0.1) is 0 Å². The summed E-state index contributed by atoms with van der Waals surface area (Å²) >= 11 is 0. The molecule has 0 aliphatic carbocycles. The Balaban J connectivity index is 1.65. The van der Waals surface area contributed by atoms with Crippen LogP contribution in [0.25, 0.3) is 0 Å². The Bertz CT molecular complexity index is 766. The van der Waals surface area contributed by atoms with Gasteiger partial charge in [-0.25, -0.2) is 0 Å². The van der Waals surface area contributed by atoms with Gasteiger partial charge in [-0.1, -0.05) is 30.3 Å². The van der Waals surface area contributed by atoms with E-state index in [9.17, 15) is 0 Å². The molecular weight excluding hydrogens is 378 g/mol. The fourth-order valence-corrected chi connectivity index (χ4v) is 3.16. The van der Waals surface area contributed by atoms with E-state index in [1.54, 1.807) is 21.3 Å². The highest BCUT2D eigenvalue weighted by Crippen LogP contribution is 2.25. The molecule has 0 saturated carbocycles. The highest BCUT2D eigenvalue weighted by molar-refractivity contribution is 5.79. The van der Waals surface area contributed by atoms with Crippen LogP contribution in [0.3, 0.4) is 0 Å². The zero-order valence-electron chi connectivity index (χ0n) is 18.7. The third kappa shape index (κ3) is 7.95. The number of unbranched alkanes of at least 4 members (excludes halogenated alkanes) is 1. The minimum atomic E-state index is 0.690. The maximum Gasteiger partial charge on any atom is 0.193 e. The van der Waals surface area contributed by atoms with Crippen LogP contribution >= 0.6 is 0 Å². The van der Waals surface area contributed by atoms with Gasteiger partial charge >= 0.3 is 0 Å². The Morgan fingerprint density at radius 1 is 1.00 bits per heavy atom. The van der Waals surface area contributed by atoms with E-state index in [-0.39, 0.29) is 0 Å². The molecule has 0 saturated heterocycles. The lowest BCUT2D eigenvalue weighted by Gasteiger charge is -2.23. The average Bonchev–Trinajstić information content (AvgIpc) is 2.79. The van der Waals surface area contributed by atoms with Gasteiger partial charge in [-0.2, -0.15) is 0 Å². The first-order chi connectivity index (χ1) is 14.7. The van der Waals surface area contributed by atoms with E-state index < -0.39 is 0 Å².